The monoisotopic (exact) mass is 408 g/mol. The molecule has 2 N–H and O–H groups in total. The summed E-state index contributed by atoms with van der Waals surface area (Å²) < 4.78 is 0. The van der Waals surface area contributed by atoms with Crippen LogP contribution in [-0.2, 0) is 16.0 Å². The molecule has 0 radical (unpaired) electrons. The lowest BCUT2D eigenvalue weighted by atomic mass is 9.87. The second-order valence-electron chi connectivity index (χ2n) is 8.74. The molecule has 0 saturated heterocycles. The van der Waals surface area contributed by atoms with Crippen LogP contribution in [0.3, 0.4) is 0 Å². The average Bonchev–Trinajstić information content (AvgIpc) is 2.69. The standard InChI is InChI=1S/C25H33N3O2/c1-17-13-18(2)25(19(3)14-17)26-23(29)15-27(4)16-24(30)28(5)22-12-8-10-20-9-6-7-11-21(20)22/h6-7,9,11,13-14,22H,8,10,12,15-16H2,1-5H3,(H,26,29)/p+1/t22-/m1/s1. The third-order valence-electron chi connectivity index (χ3n) is 6.06. The molecule has 2 aromatic carbocycles. The predicted molar refractivity (Wildman–Crippen MR) is 121 cm³/mol. The molecule has 0 bridgehead atoms. The van der Waals surface area contributed by atoms with Gasteiger partial charge in [-0.15, -0.1) is 0 Å². The molecule has 1 unspecified atom stereocenters. The van der Waals surface area contributed by atoms with Crippen LogP contribution in [0.25, 0.3) is 0 Å². The molecular formula is C25H34N3O2+. The summed E-state index contributed by atoms with van der Waals surface area (Å²) in [5.74, 6) is 0.00529. The first-order valence-electron chi connectivity index (χ1n) is 10.8. The van der Waals surface area contributed by atoms with Gasteiger partial charge in [-0.25, -0.2) is 0 Å². The van der Waals surface area contributed by atoms with Gasteiger partial charge in [0.1, 0.15) is 0 Å². The molecule has 2 aromatic rings. The highest BCUT2D eigenvalue weighted by Crippen LogP contribution is 2.33. The number of quaternary nitrogens is 1. The van der Waals surface area contributed by atoms with Gasteiger partial charge in [0.15, 0.2) is 13.1 Å². The smallest absolute Gasteiger partial charge is 0.279 e. The Hall–Kier alpha value is -2.66. The Balaban J connectivity index is 1.58. The van der Waals surface area contributed by atoms with Crippen molar-refractivity contribution in [2.45, 2.75) is 46.1 Å². The summed E-state index contributed by atoms with van der Waals surface area (Å²) in [7, 11) is 3.79. The minimum Gasteiger partial charge on any atom is -0.334 e. The van der Waals surface area contributed by atoms with Crippen molar-refractivity contribution in [2.24, 2.45) is 0 Å². The molecule has 0 aliphatic heterocycles. The van der Waals surface area contributed by atoms with Crippen molar-refractivity contribution in [3.8, 4) is 0 Å². The second kappa shape index (κ2) is 9.43. The number of carbonyl (C=O) groups is 2. The summed E-state index contributed by atoms with van der Waals surface area (Å²) in [6.07, 6.45) is 3.17. The van der Waals surface area contributed by atoms with Gasteiger partial charge in [0.25, 0.3) is 11.8 Å². The van der Waals surface area contributed by atoms with E-state index < -0.39 is 0 Å². The number of rotatable bonds is 6. The van der Waals surface area contributed by atoms with Crippen LogP contribution in [0, 0.1) is 20.8 Å². The molecule has 0 spiro atoms. The predicted octanol–water partition coefficient (Wildman–Crippen LogP) is 2.60. The topological polar surface area (TPSA) is 53.9 Å². The van der Waals surface area contributed by atoms with Crippen molar-refractivity contribution in [3.05, 3.63) is 64.2 Å². The Bertz CT molecular complexity index is 915. The SMILES string of the molecule is Cc1cc(C)c(NC(=O)C[NH+](C)CC(=O)N(C)[C@@H]2CCCc3ccccc32)c(C)c1. The van der Waals surface area contributed by atoms with Crippen LogP contribution < -0.4 is 10.2 Å². The molecule has 5 heteroatoms. The fourth-order valence-electron chi connectivity index (χ4n) is 4.58. The van der Waals surface area contributed by atoms with Crippen molar-refractivity contribution in [2.75, 3.05) is 32.5 Å². The van der Waals surface area contributed by atoms with Crippen LogP contribution in [0.4, 0.5) is 5.69 Å². The van der Waals surface area contributed by atoms with Crippen LogP contribution >= 0.6 is 0 Å². The lowest BCUT2D eigenvalue weighted by molar-refractivity contribution is -0.862. The number of carbonyl (C=O) groups excluding carboxylic acids is 2. The van der Waals surface area contributed by atoms with Gasteiger partial charge in [-0.05, 0) is 62.3 Å². The van der Waals surface area contributed by atoms with E-state index in [0.717, 1.165) is 41.0 Å². The number of hydrogen-bond donors (Lipinski definition) is 2. The molecule has 1 aliphatic rings. The summed E-state index contributed by atoms with van der Waals surface area (Å²) in [5, 5.41) is 3.03. The molecule has 3 rings (SSSR count). The summed E-state index contributed by atoms with van der Waals surface area (Å²) in [6, 6.07) is 12.7. The molecule has 0 saturated carbocycles. The number of benzene rings is 2. The van der Waals surface area contributed by atoms with Crippen LogP contribution in [0.5, 0.6) is 0 Å². The van der Waals surface area contributed by atoms with Gasteiger partial charge in [0, 0.05) is 12.7 Å². The average molecular weight is 409 g/mol. The Kier molecular flexibility index (Phi) is 6.93. The first kappa shape index (κ1) is 22.0. The highest BCUT2D eigenvalue weighted by molar-refractivity contribution is 5.93. The Labute approximate surface area is 180 Å². The van der Waals surface area contributed by atoms with Gasteiger partial charge in [0.2, 0.25) is 0 Å². The van der Waals surface area contributed by atoms with Gasteiger partial charge < -0.3 is 15.1 Å². The van der Waals surface area contributed by atoms with E-state index in [4.69, 9.17) is 0 Å². The fourth-order valence-corrected chi connectivity index (χ4v) is 4.58. The minimum atomic E-state index is -0.0685. The molecule has 1 aliphatic carbocycles. The summed E-state index contributed by atoms with van der Waals surface area (Å²) in [6.45, 7) is 6.62. The molecule has 0 fully saturated rings. The van der Waals surface area contributed by atoms with Crippen molar-refractivity contribution in [3.63, 3.8) is 0 Å². The molecule has 2 atom stereocenters. The van der Waals surface area contributed by atoms with E-state index >= 15 is 0 Å². The Morgan fingerprint density at radius 2 is 1.77 bits per heavy atom. The highest BCUT2D eigenvalue weighted by Gasteiger charge is 2.28. The molecule has 2 amide bonds. The molecule has 0 aromatic heterocycles. The van der Waals surface area contributed by atoms with Crippen LogP contribution in [-0.4, -0.2) is 43.9 Å². The number of nitrogens with one attached hydrogen (secondary N) is 2. The van der Waals surface area contributed by atoms with Crippen molar-refractivity contribution in [1.82, 2.24) is 4.90 Å². The fraction of sp³-hybridized carbons (Fsp3) is 0.440. The van der Waals surface area contributed by atoms with Crippen molar-refractivity contribution >= 4 is 17.5 Å². The second-order valence-corrected chi connectivity index (χ2v) is 8.74. The number of fused-ring (bicyclic) bond motifs is 1. The number of aryl methyl sites for hydroxylation is 4. The Morgan fingerprint density at radius 3 is 2.47 bits per heavy atom. The van der Waals surface area contributed by atoms with Gasteiger partial charge in [-0.1, -0.05) is 42.0 Å². The number of likely N-dealkylation sites (N-methyl/N-ethyl adjacent to an activating group) is 2. The van der Waals surface area contributed by atoms with Gasteiger partial charge in [-0.2, -0.15) is 0 Å². The number of anilines is 1. The van der Waals surface area contributed by atoms with E-state index in [0.29, 0.717) is 6.54 Å². The van der Waals surface area contributed by atoms with E-state index in [1.165, 1.54) is 16.7 Å². The lowest BCUT2D eigenvalue weighted by Gasteiger charge is -2.33. The zero-order valence-corrected chi connectivity index (χ0v) is 18.8. The summed E-state index contributed by atoms with van der Waals surface area (Å²) >= 11 is 0. The quantitative estimate of drug-likeness (QED) is 0.772. The first-order valence-corrected chi connectivity index (χ1v) is 10.8. The summed E-state index contributed by atoms with van der Waals surface area (Å²) in [5.41, 5.74) is 6.79. The van der Waals surface area contributed by atoms with Crippen LogP contribution in [0.2, 0.25) is 0 Å². The first-order chi connectivity index (χ1) is 14.3. The zero-order valence-electron chi connectivity index (χ0n) is 18.8. The molecular weight excluding hydrogens is 374 g/mol. The lowest BCUT2D eigenvalue weighted by Crippen LogP contribution is -3.11. The highest BCUT2D eigenvalue weighted by atomic mass is 16.2. The third-order valence-corrected chi connectivity index (χ3v) is 6.06. The number of nitrogens with zero attached hydrogens (tertiary/aromatic N) is 1. The molecule has 30 heavy (non-hydrogen) atoms. The van der Waals surface area contributed by atoms with E-state index in [1.807, 2.05) is 38.9 Å². The number of amides is 2. The van der Waals surface area contributed by atoms with Crippen LogP contribution in [0.15, 0.2) is 36.4 Å². The molecule has 0 heterocycles. The third kappa shape index (κ3) is 5.08. The van der Waals surface area contributed by atoms with E-state index in [-0.39, 0.29) is 24.4 Å². The van der Waals surface area contributed by atoms with E-state index in [9.17, 15) is 9.59 Å². The van der Waals surface area contributed by atoms with Gasteiger partial charge in [0.05, 0.1) is 13.1 Å². The maximum absolute atomic E-state index is 12.9. The maximum atomic E-state index is 12.9. The number of hydrogen-bond acceptors (Lipinski definition) is 2. The zero-order chi connectivity index (χ0) is 21.8. The minimum absolute atomic E-state index is 0.0685. The molecule has 160 valence electrons. The Morgan fingerprint density at radius 1 is 1.10 bits per heavy atom. The van der Waals surface area contributed by atoms with Gasteiger partial charge >= 0.3 is 0 Å². The largest absolute Gasteiger partial charge is 0.334 e. The van der Waals surface area contributed by atoms with Crippen molar-refractivity contribution in [1.29, 1.82) is 0 Å². The van der Waals surface area contributed by atoms with E-state index in [2.05, 4.69) is 42.6 Å². The van der Waals surface area contributed by atoms with Crippen LogP contribution in [0.1, 0.15) is 46.7 Å². The summed E-state index contributed by atoms with van der Waals surface area (Å²) in [4.78, 5) is 28.2. The molecule has 5 nitrogen and oxygen atoms in total. The maximum Gasteiger partial charge on any atom is 0.279 e. The van der Waals surface area contributed by atoms with Crippen molar-refractivity contribution < 1.29 is 14.5 Å². The van der Waals surface area contributed by atoms with E-state index in [1.54, 1.807) is 0 Å². The van der Waals surface area contributed by atoms with Gasteiger partial charge in [-0.3, -0.25) is 9.59 Å². The normalized spacial score (nSPS) is 16.5.